The van der Waals surface area contributed by atoms with E-state index in [2.05, 4.69) is 5.10 Å². The second-order valence-electron chi connectivity index (χ2n) is 5.71. The molecule has 5 nitrogen and oxygen atoms in total. The molecular weight excluding hydrogens is 392 g/mol. The average Bonchev–Trinajstić information content (AvgIpc) is 2.57. The van der Waals surface area contributed by atoms with Crippen LogP contribution in [0.1, 0.15) is 37.3 Å². The number of ether oxygens (including phenoxy) is 1. The minimum atomic E-state index is -4.77. The summed E-state index contributed by atoms with van der Waals surface area (Å²) in [5, 5.41) is 3.17. The Balaban J connectivity index is 2.50. The van der Waals surface area contributed by atoms with Gasteiger partial charge in [0, 0.05) is 18.1 Å². The second-order valence-corrected chi connectivity index (χ2v) is 6.12. The highest BCUT2D eigenvalue weighted by Crippen LogP contribution is 2.32. The molecule has 0 aliphatic heterocycles. The molecule has 1 aromatic heterocycles. The Labute approximate surface area is 156 Å². The van der Waals surface area contributed by atoms with Gasteiger partial charge in [0.2, 0.25) is 0 Å². The molecule has 0 unspecified atom stereocenters. The third kappa shape index (κ3) is 4.65. The number of unbranched alkanes of at least 4 members (excludes halogenated alkanes) is 1. The van der Waals surface area contributed by atoms with Gasteiger partial charge in [-0.25, -0.2) is 4.39 Å². The number of hydrogen-bond acceptors (Lipinski definition) is 4. The summed E-state index contributed by atoms with van der Waals surface area (Å²) in [5.41, 5.74) is -3.51. The van der Waals surface area contributed by atoms with E-state index in [0.29, 0.717) is 17.3 Å². The van der Waals surface area contributed by atoms with Crippen molar-refractivity contribution < 1.29 is 27.1 Å². The second kappa shape index (κ2) is 8.08. The number of benzene rings is 1. The summed E-state index contributed by atoms with van der Waals surface area (Å²) in [6.07, 6.45) is -2.91. The number of alkyl halides is 3. The minimum Gasteiger partial charge on any atom is -0.425 e. The van der Waals surface area contributed by atoms with Crippen molar-refractivity contribution in [3.05, 3.63) is 50.7 Å². The summed E-state index contributed by atoms with van der Waals surface area (Å²) < 4.78 is 58.4. The summed E-state index contributed by atoms with van der Waals surface area (Å²) in [6.45, 7) is 2.84. The molecule has 0 atom stereocenters. The first-order valence-electron chi connectivity index (χ1n) is 7.92. The molecule has 1 aromatic carbocycles. The standard InChI is InChI=1S/C17H15ClF4N2O3/c1-3-4-5-15(25)27-14-7-13(12(19)6-11(14)18)24-16(26)9(2)10(8-23-24)17(20,21)22/h6-8H,3-5H2,1-2H3. The lowest BCUT2D eigenvalue weighted by Crippen LogP contribution is -2.28. The van der Waals surface area contributed by atoms with Crippen molar-refractivity contribution in [2.45, 2.75) is 39.3 Å². The molecule has 146 valence electrons. The molecular formula is C17H15ClF4N2O3. The number of carbonyl (C=O) groups excluding carboxylic acids is 1. The number of hydrogen-bond donors (Lipinski definition) is 0. The van der Waals surface area contributed by atoms with Gasteiger partial charge in [0.1, 0.15) is 5.69 Å². The van der Waals surface area contributed by atoms with Crippen molar-refractivity contribution in [3.63, 3.8) is 0 Å². The Morgan fingerprint density at radius 3 is 2.59 bits per heavy atom. The average molecular weight is 407 g/mol. The van der Waals surface area contributed by atoms with Gasteiger partial charge in [-0.3, -0.25) is 9.59 Å². The van der Waals surface area contributed by atoms with Crippen LogP contribution in [0.2, 0.25) is 5.02 Å². The zero-order chi connectivity index (χ0) is 20.4. The highest BCUT2D eigenvalue weighted by molar-refractivity contribution is 6.32. The Morgan fingerprint density at radius 1 is 1.33 bits per heavy atom. The van der Waals surface area contributed by atoms with Crippen LogP contribution in [0.15, 0.2) is 23.1 Å². The lowest BCUT2D eigenvalue weighted by molar-refractivity contribution is -0.138. The van der Waals surface area contributed by atoms with Gasteiger partial charge >= 0.3 is 12.1 Å². The van der Waals surface area contributed by atoms with Crippen LogP contribution in [0.5, 0.6) is 5.75 Å². The van der Waals surface area contributed by atoms with Crippen LogP contribution in [-0.2, 0) is 11.0 Å². The van der Waals surface area contributed by atoms with Crippen LogP contribution in [0, 0.1) is 12.7 Å². The Hall–Kier alpha value is -2.42. The number of carbonyl (C=O) groups is 1. The van der Waals surface area contributed by atoms with Crippen LogP contribution in [0.4, 0.5) is 17.6 Å². The highest BCUT2D eigenvalue weighted by Gasteiger charge is 2.34. The first kappa shape index (κ1) is 20.9. The van der Waals surface area contributed by atoms with Crippen LogP contribution < -0.4 is 10.3 Å². The normalized spacial score (nSPS) is 11.5. The van der Waals surface area contributed by atoms with Gasteiger partial charge in [-0.05, 0) is 19.4 Å². The number of halogens is 5. The van der Waals surface area contributed by atoms with E-state index in [1.807, 2.05) is 6.92 Å². The molecule has 0 saturated heterocycles. The molecule has 1 heterocycles. The number of rotatable bonds is 5. The van der Waals surface area contributed by atoms with Gasteiger partial charge in [-0.1, -0.05) is 24.9 Å². The fraction of sp³-hybridized carbons (Fsp3) is 0.353. The molecule has 0 fully saturated rings. The third-order valence-corrected chi connectivity index (χ3v) is 4.01. The smallest absolute Gasteiger partial charge is 0.418 e. The van der Waals surface area contributed by atoms with Crippen molar-refractivity contribution in [3.8, 4) is 11.4 Å². The van der Waals surface area contributed by atoms with Gasteiger partial charge < -0.3 is 4.74 Å². The van der Waals surface area contributed by atoms with Gasteiger partial charge in [0.05, 0.1) is 16.8 Å². The zero-order valence-corrected chi connectivity index (χ0v) is 15.1. The molecule has 27 heavy (non-hydrogen) atoms. The number of aromatic nitrogens is 2. The molecule has 10 heteroatoms. The Morgan fingerprint density at radius 2 is 2.00 bits per heavy atom. The number of esters is 1. The molecule has 2 rings (SSSR count). The van der Waals surface area contributed by atoms with E-state index in [9.17, 15) is 27.2 Å². The quantitative estimate of drug-likeness (QED) is 0.418. The molecule has 0 amide bonds. The summed E-state index contributed by atoms with van der Waals surface area (Å²) in [5.74, 6) is -1.84. The predicted molar refractivity (Wildman–Crippen MR) is 89.7 cm³/mol. The SMILES string of the molecule is CCCCC(=O)Oc1cc(-n2ncc(C(F)(F)F)c(C)c2=O)c(F)cc1Cl. The predicted octanol–water partition coefficient (Wildman–Crippen LogP) is 4.45. The lowest BCUT2D eigenvalue weighted by Gasteiger charge is -2.13. The molecule has 0 radical (unpaired) electrons. The van der Waals surface area contributed by atoms with Gasteiger partial charge in [0.15, 0.2) is 11.6 Å². The molecule has 0 aliphatic carbocycles. The monoisotopic (exact) mass is 406 g/mol. The van der Waals surface area contributed by atoms with E-state index in [-0.39, 0.29) is 17.2 Å². The van der Waals surface area contributed by atoms with E-state index in [4.69, 9.17) is 16.3 Å². The van der Waals surface area contributed by atoms with Gasteiger partial charge in [-0.2, -0.15) is 23.0 Å². The first-order chi connectivity index (χ1) is 12.6. The van der Waals surface area contributed by atoms with Crippen LogP contribution in [0.3, 0.4) is 0 Å². The first-order valence-corrected chi connectivity index (χ1v) is 8.30. The van der Waals surface area contributed by atoms with E-state index >= 15 is 0 Å². The van der Waals surface area contributed by atoms with E-state index in [1.54, 1.807) is 0 Å². The van der Waals surface area contributed by atoms with E-state index in [0.717, 1.165) is 25.5 Å². The fourth-order valence-electron chi connectivity index (χ4n) is 2.25. The van der Waals surface area contributed by atoms with Gasteiger partial charge in [0.25, 0.3) is 5.56 Å². The summed E-state index contributed by atoms with van der Waals surface area (Å²) in [6, 6.07) is 1.74. The maximum atomic E-state index is 14.3. The maximum Gasteiger partial charge on any atom is 0.418 e. The zero-order valence-electron chi connectivity index (χ0n) is 14.4. The van der Waals surface area contributed by atoms with E-state index in [1.165, 1.54) is 0 Å². The van der Waals surface area contributed by atoms with Crippen LogP contribution in [-0.4, -0.2) is 15.7 Å². The summed E-state index contributed by atoms with van der Waals surface area (Å²) >= 11 is 5.85. The molecule has 0 spiro atoms. The number of nitrogens with zero attached hydrogens (tertiary/aromatic N) is 2. The Kier molecular flexibility index (Phi) is 6.25. The summed E-state index contributed by atoms with van der Waals surface area (Å²) in [7, 11) is 0. The topological polar surface area (TPSA) is 61.2 Å². The fourth-order valence-corrected chi connectivity index (χ4v) is 2.44. The van der Waals surface area contributed by atoms with E-state index < -0.39 is 40.3 Å². The van der Waals surface area contributed by atoms with Crippen molar-refractivity contribution in [2.75, 3.05) is 0 Å². The van der Waals surface area contributed by atoms with Crippen molar-refractivity contribution >= 4 is 17.6 Å². The van der Waals surface area contributed by atoms with Crippen molar-refractivity contribution in [1.29, 1.82) is 0 Å². The molecule has 0 aliphatic rings. The third-order valence-electron chi connectivity index (χ3n) is 3.71. The highest BCUT2D eigenvalue weighted by atomic mass is 35.5. The van der Waals surface area contributed by atoms with Crippen LogP contribution in [0.25, 0.3) is 5.69 Å². The Bertz CT molecular complexity index is 926. The van der Waals surface area contributed by atoms with Crippen molar-refractivity contribution in [1.82, 2.24) is 9.78 Å². The molecule has 0 N–H and O–H groups in total. The minimum absolute atomic E-state index is 0.108. The molecule has 2 aromatic rings. The van der Waals surface area contributed by atoms with Crippen molar-refractivity contribution in [2.24, 2.45) is 0 Å². The molecule has 0 bridgehead atoms. The molecule has 0 saturated carbocycles. The maximum absolute atomic E-state index is 14.3. The lowest BCUT2D eigenvalue weighted by atomic mass is 10.2. The van der Waals surface area contributed by atoms with Gasteiger partial charge in [-0.15, -0.1) is 0 Å². The van der Waals surface area contributed by atoms with Crippen LogP contribution >= 0.6 is 11.6 Å². The summed E-state index contributed by atoms with van der Waals surface area (Å²) in [4.78, 5) is 24.0. The largest absolute Gasteiger partial charge is 0.425 e.